The summed E-state index contributed by atoms with van der Waals surface area (Å²) < 4.78 is 7.62. The van der Waals surface area contributed by atoms with E-state index in [1.807, 2.05) is 11.0 Å². The van der Waals surface area contributed by atoms with Crippen LogP contribution in [0.4, 0.5) is 10.5 Å². The van der Waals surface area contributed by atoms with E-state index in [1.165, 1.54) is 29.3 Å². The van der Waals surface area contributed by atoms with Gasteiger partial charge in [0, 0.05) is 70.8 Å². The molecule has 6 rings (SSSR count). The first-order valence-electron chi connectivity index (χ1n) is 13.8. The van der Waals surface area contributed by atoms with Gasteiger partial charge in [0.2, 0.25) is 5.91 Å². The number of hydrogen-bond donors (Lipinski definition) is 0. The number of amides is 2. The van der Waals surface area contributed by atoms with Crippen molar-refractivity contribution in [1.29, 1.82) is 0 Å². The van der Waals surface area contributed by atoms with E-state index in [1.54, 1.807) is 19.4 Å². The first-order chi connectivity index (χ1) is 18.3. The van der Waals surface area contributed by atoms with E-state index in [4.69, 9.17) is 16.3 Å². The maximum atomic E-state index is 13.0. The van der Waals surface area contributed by atoms with Crippen LogP contribution in [-0.4, -0.2) is 94.9 Å². The Balaban J connectivity index is 0.986. The van der Waals surface area contributed by atoms with Crippen LogP contribution in [0.3, 0.4) is 0 Å². The zero-order valence-electron chi connectivity index (χ0n) is 22.3. The number of rotatable bonds is 6. The van der Waals surface area contributed by atoms with Crippen molar-refractivity contribution in [3.05, 3.63) is 41.2 Å². The summed E-state index contributed by atoms with van der Waals surface area (Å²) in [5.41, 5.74) is 1.73. The Morgan fingerprint density at radius 3 is 2.42 bits per heavy atom. The molecule has 2 atom stereocenters. The smallest absolute Gasteiger partial charge is 0.344 e. The molecule has 1 saturated carbocycles. The Labute approximate surface area is 229 Å². The number of anilines is 1. The molecule has 2 aromatic rings. The minimum Gasteiger partial charge on any atom is -0.490 e. The van der Waals surface area contributed by atoms with Gasteiger partial charge in [0.25, 0.3) is 0 Å². The quantitative estimate of drug-likeness (QED) is 0.558. The van der Waals surface area contributed by atoms with E-state index in [-0.39, 0.29) is 18.0 Å². The number of carbonyl (C=O) groups excluding carboxylic acids is 2. The van der Waals surface area contributed by atoms with Crippen molar-refractivity contribution < 1.29 is 14.3 Å². The molecule has 4 aliphatic rings. The number of nitrogens with zero attached hydrogens (tertiary/aromatic N) is 6. The third-order valence-corrected chi connectivity index (χ3v) is 9.07. The van der Waals surface area contributed by atoms with Gasteiger partial charge in [-0.3, -0.25) is 9.69 Å². The molecular formula is C28H37ClN6O3. The third-order valence-electron chi connectivity index (χ3n) is 8.72. The lowest BCUT2D eigenvalue weighted by Gasteiger charge is -2.32. The van der Waals surface area contributed by atoms with E-state index in [2.05, 4.69) is 27.0 Å². The highest BCUT2D eigenvalue weighted by Crippen LogP contribution is 2.34. The predicted molar refractivity (Wildman–Crippen MR) is 146 cm³/mol. The Morgan fingerprint density at radius 1 is 1.08 bits per heavy atom. The highest BCUT2D eigenvalue weighted by Gasteiger charge is 2.42. The summed E-state index contributed by atoms with van der Waals surface area (Å²) >= 11 is 6.69. The minimum absolute atomic E-state index is 0.0977. The number of ether oxygens (including phenoxy) is 1. The fourth-order valence-corrected chi connectivity index (χ4v) is 6.49. The number of likely N-dealkylation sites (tertiary alicyclic amines) is 3. The second-order valence-corrected chi connectivity index (χ2v) is 11.9. The summed E-state index contributed by atoms with van der Waals surface area (Å²) in [5.74, 6) is 1.65. The van der Waals surface area contributed by atoms with E-state index < -0.39 is 0 Å². The predicted octanol–water partition coefficient (Wildman–Crippen LogP) is 3.56. The van der Waals surface area contributed by atoms with Gasteiger partial charge >= 0.3 is 6.03 Å². The molecule has 2 unspecified atom stereocenters. The Kier molecular flexibility index (Phi) is 7.09. The van der Waals surface area contributed by atoms with Gasteiger partial charge in [0.05, 0.1) is 18.1 Å². The summed E-state index contributed by atoms with van der Waals surface area (Å²) in [4.78, 5) is 33.0. The number of fused-ring (bicyclic) bond motifs is 1. The average Bonchev–Trinajstić information content (AvgIpc) is 3.31. The molecule has 0 spiro atoms. The first kappa shape index (κ1) is 25.6. The number of piperidine rings is 1. The molecule has 3 aliphatic heterocycles. The highest BCUT2D eigenvalue weighted by molar-refractivity contribution is 6.31. The lowest BCUT2D eigenvalue weighted by atomic mass is 10.0. The number of halogens is 1. The van der Waals surface area contributed by atoms with Crippen molar-refractivity contribution in [2.24, 2.45) is 11.8 Å². The minimum atomic E-state index is -0.133. The van der Waals surface area contributed by atoms with Crippen LogP contribution in [0.15, 0.2) is 30.6 Å². The SMILES string of the molecule is CC(=O)N(C)c1cnn(C(=O)N2CC3CN(Cc4ccc(OC5CCN(C6CC6)CC5)cc4Cl)CC3C2)c1. The third kappa shape index (κ3) is 5.42. The summed E-state index contributed by atoms with van der Waals surface area (Å²) in [6.45, 7) is 7.90. The molecule has 204 valence electrons. The number of carbonyl (C=O) groups is 2. The van der Waals surface area contributed by atoms with E-state index in [0.717, 1.165) is 81.0 Å². The van der Waals surface area contributed by atoms with Crippen LogP contribution in [0, 0.1) is 11.8 Å². The molecule has 0 N–H and O–H groups in total. The van der Waals surface area contributed by atoms with Gasteiger partial charge in [0.15, 0.2) is 0 Å². The Hall–Kier alpha value is -2.62. The van der Waals surface area contributed by atoms with Crippen LogP contribution in [0.25, 0.3) is 0 Å². The molecule has 38 heavy (non-hydrogen) atoms. The zero-order valence-corrected chi connectivity index (χ0v) is 23.0. The summed E-state index contributed by atoms with van der Waals surface area (Å²) in [6.07, 6.45) is 8.35. The number of benzene rings is 1. The molecule has 0 bridgehead atoms. The first-order valence-corrected chi connectivity index (χ1v) is 14.2. The van der Waals surface area contributed by atoms with Crippen LogP contribution in [0.2, 0.25) is 5.02 Å². The standard InChI is InChI=1S/C28H37ClN6O3/c1-19(36)31(2)24-12-30-35(18-24)28(37)34-16-21-14-32(15-22(21)17-34)13-20-3-6-26(11-27(20)29)38-25-7-9-33(10-8-25)23-4-5-23/h3,6,11-12,18,21-23,25H,4-5,7-10,13-17H2,1-2H3. The molecular weight excluding hydrogens is 504 g/mol. The van der Waals surface area contributed by atoms with Gasteiger partial charge in [-0.2, -0.15) is 9.78 Å². The Morgan fingerprint density at radius 2 is 1.79 bits per heavy atom. The van der Waals surface area contributed by atoms with E-state index >= 15 is 0 Å². The van der Waals surface area contributed by atoms with Crippen LogP contribution in [0.5, 0.6) is 5.75 Å². The van der Waals surface area contributed by atoms with Crippen LogP contribution < -0.4 is 9.64 Å². The Bertz CT molecular complexity index is 1180. The molecule has 3 saturated heterocycles. The highest BCUT2D eigenvalue weighted by atomic mass is 35.5. The lowest BCUT2D eigenvalue weighted by Crippen LogP contribution is -2.39. The maximum absolute atomic E-state index is 13.0. The van der Waals surface area contributed by atoms with Crippen molar-refractivity contribution in [2.45, 2.75) is 51.3 Å². The molecule has 4 heterocycles. The van der Waals surface area contributed by atoms with Gasteiger partial charge < -0.3 is 19.4 Å². The summed E-state index contributed by atoms with van der Waals surface area (Å²) in [7, 11) is 1.68. The second-order valence-electron chi connectivity index (χ2n) is 11.5. The monoisotopic (exact) mass is 540 g/mol. The van der Waals surface area contributed by atoms with Gasteiger partial charge in [-0.05, 0) is 55.2 Å². The second kappa shape index (κ2) is 10.5. The molecule has 2 amide bonds. The van der Waals surface area contributed by atoms with Crippen LogP contribution in [0.1, 0.15) is 38.2 Å². The topological polar surface area (TPSA) is 74.2 Å². The molecule has 1 aromatic carbocycles. The largest absolute Gasteiger partial charge is 0.490 e. The van der Waals surface area contributed by atoms with Gasteiger partial charge in [-0.25, -0.2) is 4.79 Å². The fraction of sp³-hybridized carbons (Fsp3) is 0.607. The van der Waals surface area contributed by atoms with Crippen molar-refractivity contribution in [1.82, 2.24) is 24.5 Å². The van der Waals surface area contributed by atoms with E-state index in [9.17, 15) is 9.59 Å². The van der Waals surface area contributed by atoms with Crippen molar-refractivity contribution in [2.75, 3.05) is 51.2 Å². The number of aromatic nitrogens is 2. The zero-order chi connectivity index (χ0) is 26.4. The van der Waals surface area contributed by atoms with Crippen LogP contribution >= 0.6 is 11.6 Å². The molecule has 9 nitrogen and oxygen atoms in total. The number of hydrogen-bond acceptors (Lipinski definition) is 6. The molecule has 1 aromatic heterocycles. The van der Waals surface area contributed by atoms with E-state index in [0.29, 0.717) is 17.5 Å². The maximum Gasteiger partial charge on any atom is 0.344 e. The lowest BCUT2D eigenvalue weighted by molar-refractivity contribution is -0.116. The average molecular weight is 541 g/mol. The molecule has 0 radical (unpaired) electrons. The normalized spacial score (nSPS) is 24.6. The fourth-order valence-electron chi connectivity index (χ4n) is 6.25. The van der Waals surface area contributed by atoms with Crippen molar-refractivity contribution in [3.63, 3.8) is 0 Å². The van der Waals surface area contributed by atoms with Gasteiger partial charge in [-0.1, -0.05) is 17.7 Å². The molecule has 1 aliphatic carbocycles. The molecule has 10 heteroatoms. The summed E-state index contributed by atoms with van der Waals surface area (Å²) in [6, 6.07) is 6.85. The van der Waals surface area contributed by atoms with Crippen molar-refractivity contribution in [3.8, 4) is 5.75 Å². The summed E-state index contributed by atoms with van der Waals surface area (Å²) in [5, 5.41) is 4.95. The van der Waals surface area contributed by atoms with Crippen molar-refractivity contribution >= 4 is 29.2 Å². The van der Waals surface area contributed by atoms with Gasteiger partial charge in [-0.15, -0.1) is 0 Å². The molecule has 4 fully saturated rings. The van der Waals surface area contributed by atoms with Crippen LogP contribution in [-0.2, 0) is 11.3 Å². The van der Waals surface area contributed by atoms with Gasteiger partial charge in [0.1, 0.15) is 11.9 Å².